The Kier molecular flexibility index (Phi) is 8.75. The summed E-state index contributed by atoms with van der Waals surface area (Å²) in [6, 6.07) is 10.2. The Hall–Kier alpha value is -5.70. The van der Waals surface area contributed by atoms with Crippen LogP contribution in [0.5, 0.6) is 28.7 Å². The fourth-order valence-electron chi connectivity index (χ4n) is 6.59. The second-order valence-electron chi connectivity index (χ2n) is 12.5. The van der Waals surface area contributed by atoms with Crippen molar-refractivity contribution in [3.63, 3.8) is 0 Å². The number of carbonyl (C=O) groups is 2. The van der Waals surface area contributed by atoms with Crippen molar-refractivity contribution in [2.75, 3.05) is 27.3 Å². The SMILES string of the molecule is C=C1C[C@H]2C=Nc3cc(OCc4cc(COc5cc6c(cc5OC)C(=O)N5CC(=C)C[C@H]5C=N6)cc(OS(=O)(=O)F)c4)c(OC)cc3C(=O)N2C1. The van der Waals surface area contributed by atoms with Crippen molar-refractivity contribution in [1.29, 1.82) is 0 Å². The normalized spacial score (nSPS) is 19.2. The van der Waals surface area contributed by atoms with Crippen molar-refractivity contribution in [1.82, 2.24) is 9.80 Å². The molecule has 0 aliphatic carbocycles. The summed E-state index contributed by atoms with van der Waals surface area (Å²) in [6.45, 7) is 8.61. The molecule has 3 aromatic carbocycles. The van der Waals surface area contributed by atoms with Crippen LogP contribution in [0.3, 0.4) is 0 Å². The van der Waals surface area contributed by atoms with Gasteiger partial charge in [-0.25, -0.2) is 0 Å². The molecule has 4 heterocycles. The van der Waals surface area contributed by atoms with Crippen molar-refractivity contribution in [2.45, 2.75) is 38.1 Å². The van der Waals surface area contributed by atoms with E-state index in [9.17, 15) is 21.9 Å². The van der Waals surface area contributed by atoms with E-state index >= 15 is 0 Å². The third-order valence-corrected chi connectivity index (χ3v) is 9.30. The fraction of sp³-hybridized carbons (Fsp3) is 0.278. The number of fused-ring (bicyclic) bond motifs is 4. The van der Waals surface area contributed by atoms with Gasteiger partial charge in [0.2, 0.25) is 0 Å². The first-order valence-electron chi connectivity index (χ1n) is 15.9. The van der Waals surface area contributed by atoms with Crippen LogP contribution in [0.2, 0.25) is 0 Å². The number of hydrogen-bond donors (Lipinski definition) is 0. The number of halogens is 1. The van der Waals surface area contributed by atoms with Crippen LogP contribution >= 0.6 is 0 Å². The minimum Gasteiger partial charge on any atom is -0.493 e. The summed E-state index contributed by atoms with van der Waals surface area (Å²) < 4.78 is 64.3. The molecule has 13 nitrogen and oxygen atoms in total. The summed E-state index contributed by atoms with van der Waals surface area (Å²) in [5.41, 5.74) is 4.20. The van der Waals surface area contributed by atoms with E-state index < -0.39 is 10.5 Å². The number of hydrogen-bond acceptors (Lipinski definition) is 11. The zero-order chi connectivity index (χ0) is 36.0. The highest BCUT2D eigenvalue weighted by Gasteiger charge is 2.35. The smallest absolute Gasteiger partial charge is 0.488 e. The number of benzene rings is 3. The highest BCUT2D eigenvalue weighted by molar-refractivity contribution is 7.81. The molecule has 264 valence electrons. The predicted octanol–water partition coefficient (Wildman–Crippen LogP) is 5.43. The molecule has 0 spiro atoms. The Balaban J connectivity index is 1.14. The lowest BCUT2D eigenvalue weighted by molar-refractivity contribution is 0.0769. The molecule has 15 heteroatoms. The van der Waals surface area contributed by atoms with E-state index in [4.69, 9.17) is 18.9 Å². The number of aliphatic imine (C=N–C) groups is 2. The van der Waals surface area contributed by atoms with Crippen LogP contribution in [0.1, 0.15) is 44.7 Å². The zero-order valence-corrected chi connectivity index (χ0v) is 28.6. The van der Waals surface area contributed by atoms with E-state index in [1.54, 1.807) is 52.6 Å². The van der Waals surface area contributed by atoms with Gasteiger partial charge < -0.3 is 32.9 Å². The van der Waals surface area contributed by atoms with Crippen molar-refractivity contribution in [3.05, 3.63) is 89.0 Å². The highest BCUT2D eigenvalue weighted by atomic mass is 32.3. The average molecular weight is 717 g/mol. The van der Waals surface area contributed by atoms with Crippen LogP contribution in [-0.4, -0.2) is 81.9 Å². The van der Waals surface area contributed by atoms with Crippen molar-refractivity contribution < 1.29 is 45.0 Å². The highest BCUT2D eigenvalue weighted by Crippen LogP contribution is 2.41. The van der Waals surface area contributed by atoms with Crippen LogP contribution in [0.25, 0.3) is 0 Å². The van der Waals surface area contributed by atoms with E-state index in [1.807, 2.05) is 0 Å². The molecule has 4 aliphatic heterocycles. The van der Waals surface area contributed by atoms with Gasteiger partial charge in [-0.3, -0.25) is 19.6 Å². The number of amides is 2. The van der Waals surface area contributed by atoms with Gasteiger partial charge in [-0.1, -0.05) is 28.2 Å². The standard InChI is InChI=1S/C36H33FN4O9S/c1-20-5-24-14-38-29-12-33(31(46-3)10-27(29)35(42)40(24)16-20)48-18-22-7-23(9-26(8-22)50-51(37,44)45)19-49-34-13-30-28(11-32(34)47-4)36(43)41-17-21(2)6-25(41)15-39-30/h7-15,24-25H,1-2,5-6,16-19H2,3-4H3/t24-,25-/m0/s1. The van der Waals surface area contributed by atoms with Gasteiger partial charge in [0.1, 0.15) is 19.0 Å². The first-order valence-corrected chi connectivity index (χ1v) is 17.2. The molecule has 0 unspecified atom stereocenters. The van der Waals surface area contributed by atoms with Gasteiger partial charge in [-0.05, 0) is 54.3 Å². The van der Waals surface area contributed by atoms with Gasteiger partial charge in [0.25, 0.3) is 11.8 Å². The molecular formula is C36H33FN4O9S. The maximum atomic E-state index is 13.7. The molecule has 0 bridgehead atoms. The molecule has 0 N–H and O–H groups in total. The van der Waals surface area contributed by atoms with Crippen molar-refractivity contribution in [2.24, 2.45) is 9.98 Å². The van der Waals surface area contributed by atoms with E-state index in [-0.39, 0.29) is 65.9 Å². The number of carbonyl (C=O) groups excluding carboxylic acids is 2. The van der Waals surface area contributed by atoms with Gasteiger partial charge in [0.15, 0.2) is 23.0 Å². The lowest BCUT2D eigenvalue weighted by Crippen LogP contribution is -2.35. The van der Waals surface area contributed by atoms with Crippen LogP contribution < -0.4 is 23.1 Å². The summed E-state index contributed by atoms with van der Waals surface area (Å²) in [7, 11) is -2.48. The molecule has 0 radical (unpaired) electrons. The Morgan fingerprint density at radius 2 is 1.18 bits per heavy atom. The first-order chi connectivity index (χ1) is 24.4. The van der Waals surface area contributed by atoms with Crippen molar-refractivity contribution in [3.8, 4) is 28.7 Å². The van der Waals surface area contributed by atoms with E-state index in [0.717, 1.165) is 11.1 Å². The van der Waals surface area contributed by atoms with Crippen LogP contribution in [0.15, 0.2) is 76.8 Å². The molecule has 2 amide bonds. The third kappa shape index (κ3) is 6.88. The summed E-state index contributed by atoms with van der Waals surface area (Å²) in [4.78, 5) is 39.2. The molecule has 2 saturated heterocycles. The molecule has 0 saturated carbocycles. The number of ether oxygens (including phenoxy) is 4. The summed E-state index contributed by atoms with van der Waals surface area (Å²) in [6.07, 6.45) is 4.69. The minimum atomic E-state index is -5.36. The number of nitrogens with zero attached hydrogens (tertiary/aromatic N) is 4. The Bertz CT molecular complexity index is 2040. The number of rotatable bonds is 10. The summed E-state index contributed by atoms with van der Waals surface area (Å²) >= 11 is 0. The molecule has 4 aliphatic rings. The van der Waals surface area contributed by atoms with Gasteiger partial charge in [0.05, 0.1) is 48.8 Å². The quantitative estimate of drug-likeness (QED) is 0.198. The third-order valence-electron chi connectivity index (χ3n) is 8.91. The van der Waals surface area contributed by atoms with E-state index in [1.165, 1.54) is 26.4 Å². The molecule has 7 rings (SSSR count). The maximum absolute atomic E-state index is 13.7. The van der Waals surface area contributed by atoms with Crippen molar-refractivity contribution >= 4 is 46.1 Å². The summed E-state index contributed by atoms with van der Waals surface area (Å²) in [5.74, 6) is 0.377. The van der Waals surface area contributed by atoms with E-state index in [0.29, 0.717) is 59.6 Å². The predicted molar refractivity (Wildman–Crippen MR) is 185 cm³/mol. The zero-order valence-electron chi connectivity index (χ0n) is 27.8. The maximum Gasteiger partial charge on any atom is 0.488 e. The molecule has 3 aromatic rings. The molecule has 2 fully saturated rings. The minimum absolute atomic E-state index is 0.138. The van der Waals surface area contributed by atoms with Crippen LogP contribution in [-0.2, 0) is 23.7 Å². The lowest BCUT2D eigenvalue weighted by atomic mass is 10.1. The lowest BCUT2D eigenvalue weighted by Gasteiger charge is -2.20. The summed E-state index contributed by atoms with van der Waals surface area (Å²) in [5, 5.41) is 0. The topological polar surface area (TPSA) is 146 Å². The second-order valence-corrected chi connectivity index (χ2v) is 13.5. The Morgan fingerprint density at radius 3 is 1.59 bits per heavy atom. The molecule has 51 heavy (non-hydrogen) atoms. The average Bonchev–Trinajstić information content (AvgIpc) is 3.60. The largest absolute Gasteiger partial charge is 0.493 e. The monoisotopic (exact) mass is 716 g/mol. The van der Waals surface area contributed by atoms with Gasteiger partial charge >= 0.3 is 10.5 Å². The number of methoxy groups -OCH3 is 2. The second kappa shape index (κ2) is 13.2. The first kappa shape index (κ1) is 33.8. The van der Waals surface area contributed by atoms with Crippen LogP contribution in [0.4, 0.5) is 15.3 Å². The fourth-order valence-corrected chi connectivity index (χ4v) is 6.92. The Morgan fingerprint density at radius 1 is 0.725 bits per heavy atom. The van der Waals surface area contributed by atoms with Crippen LogP contribution in [0, 0.1) is 0 Å². The Labute approximate surface area is 293 Å². The van der Waals surface area contributed by atoms with Gasteiger partial charge in [-0.15, -0.1) is 0 Å². The van der Waals surface area contributed by atoms with Gasteiger partial charge in [0, 0.05) is 37.7 Å². The van der Waals surface area contributed by atoms with E-state index in [2.05, 4.69) is 27.3 Å². The van der Waals surface area contributed by atoms with Gasteiger partial charge in [-0.2, -0.15) is 8.42 Å². The molecule has 0 aromatic heterocycles. The molecular weight excluding hydrogens is 683 g/mol. The molecule has 2 atom stereocenters.